The summed E-state index contributed by atoms with van der Waals surface area (Å²) in [4.78, 5) is 129. The zero-order chi connectivity index (χ0) is 75.8. The number of nitroso groups, excluding NO2 is 1. The third-order valence-electron chi connectivity index (χ3n) is 18.2. The zero-order valence-corrected chi connectivity index (χ0v) is 57.3. The standard InChI is InChI=1S/C67H76Cl2N10O25/c1-24(2)12-37(79(5)78-98)61(92)77-50-52(85)27-7-10-40(33(68)15-27)100-42-17-29-18-43(56(42)104-66-57(55(88)54(87)44(23-80)102-66)103-46-22-67(4,71)58(89)25(3)99-46)101-41-11-8-28(16-34(41)69)53(86)51-64(95)75-49(65(96)97)32-19-30(81)20-39(83)47(32)31-13-26(6-9-38(31)82)14-35(59(90)76-51)72-62(93)48(29)74-60(91)36(21-45(70)84)73-63(50)94/h6-11,13,15-20,24-25,35-37,44,46,48-55,57-58,66,80-83,85-89H,12,14,21-23,71H2,1-5H3,(H2,70,84)(H,72,93)(H,73,94)(H,74,91)(H,75,95)(H,76,90)(H,77,92)(H,96,97)/t25-,35+,36-,37+,44+,46-,48+,49-,50+,51-,52+,53+,54+,55-,57+,58+,66-,67-/m0/s1. The summed E-state index contributed by atoms with van der Waals surface area (Å²) in [6, 6.07) is -0.858. The van der Waals surface area contributed by atoms with Crippen LogP contribution >= 0.6 is 23.2 Å². The monoisotopic (exact) mass is 1490 g/mol. The Hall–Kier alpha value is -9.76. The molecule has 2 fully saturated rings. The first-order valence-electron chi connectivity index (χ1n) is 32.4. The van der Waals surface area contributed by atoms with Gasteiger partial charge in [0.2, 0.25) is 53.4 Å². The third-order valence-corrected chi connectivity index (χ3v) is 18.8. The number of carboxylic acids is 1. The molecule has 7 aliphatic heterocycles. The minimum atomic E-state index is -2.34. The van der Waals surface area contributed by atoms with Gasteiger partial charge >= 0.3 is 5.97 Å². The van der Waals surface area contributed by atoms with Crippen molar-refractivity contribution < 1.29 is 118 Å². The predicted octanol–water partition coefficient (Wildman–Crippen LogP) is 0.370. The number of likely N-dealkylation sites (N-methyl/N-ethyl adjacent to an activating group) is 1. The molecule has 18 atom stereocenters. The number of primary amides is 1. The maximum Gasteiger partial charge on any atom is 0.330 e. The van der Waals surface area contributed by atoms with E-state index in [1.807, 2.05) is 0 Å². The van der Waals surface area contributed by atoms with Crippen molar-refractivity contribution >= 4 is 70.5 Å². The van der Waals surface area contributed by atoms with Gasteiger partial charge in [-0.25, -0.2) is 4.79 Å². The average Bonchev–Trinajstić information content (AvgIpc) is 0.788. The number of hydrogen-bond acceptors (Lipinski definition) is 26. The van der Waals surface area contributed by atoms with Crippen LogP contribution in [0.5, 0.6) is 46.0 Å². The van der Waals surface area contributed by atoms with E-state index in [4.69, 9.17) is 63.1 Å². The van der Waals surface area contributed by atoms with Gasteiger partial charge in [-0.3, -0.25) is 38.6 Å². The molecule has 12 rings (SSSR count). The SMILES string of the molecule is CC(C)C[C@H](C(=O)N[C@H]1C(=O)N[C@@H](CC(N)=O)C(=O)N[C@H]2C(=O)N[C@@H]3Cc4ccc(O)c(c4)-c4c(O)cc(O)cc4[C@@H](C(=O)O)NC(=O)[C@@H](NC3=O)[C@H](O)c3ccc(c(Cl)c3)Oc3cc2cc(c3O[C@@H]2O[C@H](CO)[C@@H](O)[C@H](O)[C@H]2O[C@H]2C[C@](C)(N)[C@H](O)[C@H](C)O2)Oc2ccc(cc2Cl)[C@H]1O)N(C)N=O. The van der Waals surface area contributed by atoms with Gasteiger partial charge in [-0.05, 0) is 103 Å². The van der Waals surface area contributed by atoms with Crippen LogP contribution in [0.2, 0.25) is 10.0 Å². The molecule has 0 saturated carbocycles. The smallest absolute Gasteiger partial charge is 0.330 e. The molecule has 7 amide bonds. The molecule has 7 aliphatic rings. The summed E-state index contributed by atoms with van der Waals surface area (Å²) in [5.41, 5.74) is 8.46. The maximum atomic E-state index is 16.0. The average molecular weight is 1490 g/mol. The topological polar surface area (TPSA) is 551 Å². The number of aliphatic hydroxyl groups excluding tert-OH is 6. The van der Waals surface area contributed by atoms with Crippen molar-refractivity contribution in [2.45, 2.75) is 163 Å². The number of amides is 7. The highest BCUT2D eigenvalue weighted by atomic mass is 35.5. The molecule has 7 heterocycles. The van der Waals surface area contributed by atoms with E-state index in [1.54, 1.807) is 13.8 Å². The van der Waals surface area contributed by atoms with Crippen LogP contribution in [0.3, 0.4) is 0 Å². The number of benzene rings is 5. The molecular formula is C67H76Cl2N10O25. The molecule has 0 spiro atoms. The van der Waals surface area contributed by atoms with Crippen molar-refractivity contribution in [3.8, 4) is 57.1 Å². The summed E-state index contributed by atoms with van der Waals surface area (Å²) < 4.78 is 38.3. The molecule has 558 valence electrons. The lowest BCUT2D eigenvalue weighted by atomic mass is 9.86. The van der Waals surface area contributed by atoms with Crippen molar-refractivity contribution in [1.82, 2.24) is 36.9 Å². The number of nitrogens with zero attached hydrogens (tertiary/aromatic N) is 2. The van der Waals surface area contributed by atoms with Gasteiger partial charge < -0.3 is 123 Å². The number of phenols is 3. The first-order chi connectivity index (χ1) is 49.1. The van der Waals surface area contributed by atoms with Gasteiger partial charge in [-0.2, -0.15) is 0 Å². The van der Waals surface area contributed by atoms with Crippen LogP contribution in [0, 0.1) is 10.8 Å². The molecule has 37 heteroatoms. The van der Waals surface area contributed by atoms with Gasteiger partial charge in [0.05, 0.1) is 40.6 Å². The number of rotatable bonds is 14. The lowest BCUT2D eigenvalue weighted by molar-refractivity contribution is -0.333. The van der Waals surface area contributed by atoms with Crippen LogP contribution in [-0.4, -0.2) is 202 Å². The number of aromatic hydroxyl groups is 3. The number of carbonyl (C=O) groups is 8. The lowest BCUT2D eigenvalue weighted by Gasteiger charge is -2.47. The summed E-state index contributed by atoms with van der Waals surface area (Å²) in [6.45, 7) is 5.42. The van der Waals surface area contributed by atoms with Crippen molar-refractivity contribution in [3.05, 3.63) is 122 Å². The van der Waals surface area contributed by atoms with Crippen LogP contribution in [0.1, 0.15) is 99.1 Å². The summed E-state index contributed by atoms with van der Waals surface area (Å²) in [5, 5.41) is 131. The second-order valence-electron chi connectivity index (χ2n) is 26.4. The van der Waals surface area contributed by atoms with Gasteiger partial charge in [0.15, 0.2) is 29.9 Å². The Kier molecular flexibility index (Phi) is 23.1. The lowest BCUT2D eigenvalue weighted by Crippen LogP contribution is -2.64. The van der Waals surface area contributed by atoms with E-state index < -0.39 is 243 Å². The van der Waals surface area contributed by atoms with Crippen molar-refractivity contribution in [1.29, 1.82) is 0 Å². The zero-order valence-electron chi connectivity index (χ0n) is 55.8. The number of hydrogen-bond donors (Lipinski definition) is 18. The fourth-order valence-corrected chi connectivity index (χ4v) is 13.2. The number of aliphatic carboxylic acids is 1. The van der Waals surface area contributed by atoms with Crippen molar-refractivity contribution in [2.75, 3.05) is 13.7 Å². The summed E-state index contributed by atoms with van der Waals surface area (Å²) in [5.74, 6) is -16.5. The normalized spacial score (nSPS) is 29.0. The van der Waals surface area contributed by atoms with E-state index in [1.165, 1.54) is 33.0 Å². The first-order valence-corrected chi connectivity index (χ1v) is 33.1. The van der Waals surface area contributed by atoms with E-state index >= 15 is 14.4 Å². The Morgan fingerprint density at radius 2 is 1.40 bits per heavy atom. The number of carboxylic acid groups (broad SMARTS) is 1. The number of fused-ring (bicyclic) bond motifs is 15. The fourth-order valence-electron chi connectivity index (χ4n) is 12.8. The number of halogens is 2. The molecule has 2 saturated heterocycles. The largest absolute Gasteiger partial charge is 0.508 e. The highest BCUT2D eigenvalue weighted by Gasteiger charge is 2.52. The maximum absolute atomic E-state index is 16.0. The van der Waals surface area contributed by atoms with Gasteiger partial charge in [0.1, 0.15) is 95.5 Å². The molecule has 0 aromatic heterocycles. The van der Waals surface area contributed by atoms with Crippen LogP contribution < -0.4 is 57.6 Å². The highest BCUT2D eigenvalue weighted by Crippen LogP contribution is 2.50. The number of carbonyl (C=O) groups excluding carboxylic acids is 7. The molecule has 5 aromatic rings. The molecule has 11 bridgehead atoms. The number of nitrogens with one attached hydrogen (secondary N) is 6. The molecule has 0 radical (unpaired) electrons. The van der Waals surface area contributed by atoms with E-state index in [-0.39, 0.29) is 46.8 Å². The van der Waals surface area contributed by atoms with Crippen molar-refractivity contribution in [2.24, 2.45) is 22.7 Å². The Bertz CT molecular complexity index is 4190. The second kappa shape index (κ2) is 31.3. The van der Waals surface area contributed by atoms with E-state index in [0.717, 1.165) is 71.7 Å². The fraction of sp³-hybridized carbons (Fsp3) is 0.433. The van der Waals surface area contributed by atoms with E-state index in [2.05, 4.69) is 37.2 Å². The summed E-state index contributed by atoms with van der Waals surface area (Å²) >= 11 is 14.1. The van der Waals surface area contributed by atoms with Crippen molar-refractivity contribution in [3.63, 3.8) is 0 Å². The van der Waals surface area contributed by atoms with Gasteiger partial charge in [0.25, 0.3) is 0 Å². The molecular weight excluding hydrogens is 1420 g/mol. The van der Waals surface area contributed by atoms with Crippen LogP contribution in [0.25, 0.3) is 11.1 Å². The first kappa shape index (κ1) is 76.9. The van der Waals surface area contributed by atoms with Gasteiger partial charge in [0, 0.05) is 48.2 Å². The molecule has 35 nitrogen and oxygen atoms in total. The molecule has 5 aromatic carbocycles. The Morgan fingerprint density at radius 1 is 0.760 bits per heavy atom. The number of nitrogens with two attached hydrogens (primary N) is 2. The van der Waals surface area contributed by atoms with E-state index in [9.17, 15) is 79.9 Å². The number of phenolic OH excluding ortho intramolecular Hbond substituents is 3. The summed E-state index contributed by atoms with van der Waals surface area (Å²) in [6.07, 6.45) is -19.8. The van der Waals surface area contributed by atoms with Gasteiger partial charge in [-0.1, -0.05) is 55.2 Å². The molecule has 0 unspecified atom stereocenters. The van der Waals surface area contributed by atoms with Crippen LogP contribution in [0.4, 0.5) is 0 Å². The minimum absolute atomic E-state index is 0.0149. The van der Waals surface area contributed by atoms with Crippen LogP contribution in [0.15, 0.2) is 84.1 Å². The molecule has 20 N–H and O–H groups in total. The molecule has 104 heavy (non-hydrogen) atoms. The quantitative estimate of drug-likeness (QED) is 0.0527. The van der Waals surface area contributed by atoms with Crippen LogP contribution in [-0.2, 0) is 59.0 Å². The molecule has 0 aliphatic carbocycles. The Labute approximate surface area is 600 Å². The van der Waals surface area contributed by atoms with Gasteiger partial charge in [-0.15, -0.1) is 4.91 Å². The summed E-state index contributed by atoms with van der Waals surface area (Å²) in [7, 11) is 1.18. The number of ether oxygens (including phenoxy) is 6. The van der Waals surface area contributed by atoms with E-state index in [0.29, 0.717) is 0 Å². The minimum Gasteiger partial charge on any atom is -0.508 e. The third kappa shape index (κ3) is 16.4. The second-order valence-corrected chi connectivity index (χ2v) is 27.3. The highest BCUT2D eigenvalue weighted by molar-refractivity contribution is 6.32. The number of aliphatic hydroxyl groups is 6. The Morgan fingerprint density at radius 3 is 1.99 bits per heavy atom. The Balaban J connectivity index is 1.22. The predicted molar refractivity (Wildman–Crippen MR) is 359 cm³/mol.